The molecule has 0 bridgehead atoms. The first-order valence-corrected chi connectivity index (χ1v) is 8.93. The van der Waals surface area contributed by atoms with Crippen molar-refractivity contribution in [1.82, 2.24) is 0 Å². The highest BCUT2D eigenvalue weighted by molar-refractivity contribution is 6.37. The Morgan fingerprint density at radius 2 is 1.30 bits per heavy atom. The highest BCUT2D eigenvalue weighted by Crippen LogP contribution is 2.22. The number of amides is 2. The van der Waals surface area contributed by atoms with Crippen molar-refractivity contribution in [1.29, 1.82) is 0 Å². The minimum Gasteiger partial charge on any atom is -0.322 e. The molecule has 3 aromatic carbocycles. The van der Waals surface area contributed by atoms with Gasteiger partial charge in [-0.2, -0.15) is 0 Å². The minimum atomic E-state index is -0.339. The Morgan fingerprint density at radius 3 is 1.85 bits per heavy atom. The molecule has 0 aliphatic carbocycles. The molecule has 0 saturated heterocycles. The first-order chi connectivity index (χ1) is 12.9. The van der Waals surface area contributed by atoms with Crippen LogP contribution < -0.4 is 10.6 Å². The zero-order chi connectivity index (χ0) is 19.4. The molecule has 6 heteroatoms. The third kappa shape index (κ3) is 4.67. The van der Waals surface area contributed by atoms with E-state index in [1.165, 1.54) is 6.07 Å². The summed E-state index contributed by atoms with van der Waals surface area (Å²) in [7, 11) is 0. The number of benzene rings is 3. The third-order valence-corrected chi connectivity index (χ3v) is 4.51. The Morgan fingerprint density at radius 1 is 0.741 bits per heavy atom. The maximum atomic E-state index is 12.3. The molecule has 4 nitrogen and oxygen atoms in total. The summed E-state index contributed by atoms with van der Waals surface area (Å²) in [6.07, 6.45) is 0. The molecular formula is C21H16Cl2N2O2. The van der Waals surface area contributed by atoms with E-state index < -0.39 is 0 Å². The number of hydrogen-bond acceptors (Lipinski definition) is 2. The highest BCUT2D eigenvalue weighted by Gasteiger charge is 2.12. The number of carbonyl (C=O) groups excluding carboxylic acids is 2. The maximum absolute atomic E-state index is 12.3. The standard InChI is InChI=1S/C21H16Cl2N2O2/c1-13-4-2-3-5-17(13)20(26)24-15-7-9-16(10-8-15)25-21(27)18-11-6-14(22)12-19(18)23/h2-12H,1H3,(H,24,26)(H,25,27). The number of aryl methyl sites for hydroxylation is 1. The average Bonchev–Trinajstić information content (AvgIpc) is 2.63. The molecule has 0 saturated carbocycles. The Bertz CT molecular complexity index is 1000. The molecule has 0 heterocycles. The number of anilines is 2. The Balaban J connectivity index is 1.67. The monoisotopic (exact) mass is 398 g/mol. The van der Waals surface area contributed by atoms with Crippen LogP contribution in [-0.4, -0.2) is 11.8 Å². The molecular weight excluding hydrogens is 383 g/mol. The van der Waals surface area contributed by atoms with E-state index in [0.29, 0.717) is 27.5 Å². The topological polar surface area (TPSA) is 58.2 Å². The zero-order valence-electron chi connectivity index (χ0n) is 14.4. The summed E-state index contributed by atoms with van der Waals surface area (Å²) in [6.45, 7) is 1.88. The summed E-state index contributed by atoms with van der Waals surface area (Å²) >= 11 is 11.9. The summed E-state index contributed by atoms with van der Waals surface area (Å²) < 4.78 is 0. The average molecular weight is 399 g/mol. The lowest BCUT2D eigenvalue weighted by Gasteiger charge is -2.10. The quantitative estimate of drug-likeness (QED) is 0.582. The van der Waals surface area contributed by atoms with Gasteiger partial charge in [0, 0.05) is 22.0 Å². The van der Waals surface area contributed by atoms with Gasteiger partial charge in [-0.05, 0) is 61.0 Å². The van der Waals surface area contributed by atoms with Crippen LogP contribution >= 0.6 is 23.2 Å². The maximum Gasteiger partial charge on any atom is 0.257 e. The van der Waals surface area contributed by atoms with Gasteiger partial charge in [0.25, 0.3) is 11.8 Å². The van der Waals surface area contributed by atoms with Crippen LogP contribution in [0.4, 0.5) is 11.4 Å². The van der Waals surface area contributed by atoms with E-state index in [9.17, 15) is 9.59 Å². The van der Waals surface area contributed by atoms with E-state index in [1.807, 2.05) is 25.1 Å². The van der Waals surface area contributed by atoms with Crippen LogP contribution in [0.2, 0.25) is 10.0 Å². The van der Waals surface area contributed by atoms with Gasteiger partial charge in [-0.3, -0.25) is 9.59 Å². The summed E-state index contributed by atoms with van der Waals surface area (Å²) in [5.41, 5.74) is 3.06. The first kappa shape index (κ1) is 19.0. The Kier molecular flexibility index (Phi) is 5.79. The predicted octanol–water partition coefficient (Wildman–Crippen LogP) is 5.81. The second kappa shape index (κ2) is 8.25. The van der Waals surface area contributed by atoms with Crippen molar-refractivity contribution in [3.8, 4) is 0 Å². The van der Waals surface area contributed by atoms with Crippen LogP contribution in [0.5, 0.6) is 0 Å². The number of nitrogens with one attached hydrogen (secondary N) is 2. The van der Waals surface area contributed by atoms with Crippen molar-refractivity contribution < 1.29 is 9.59 Å². The van der Waals surface area contributed by atoms with Crippen LogP contribution in [0.1, 0.15) is 26.3 Å². The van der Waals surface area contributed by atoms with E-state index in [-0.39, 0.29) is 16.8 Å². The van der Waals surface area contributed by atoms with Crippen LogP contribution in [0.3, 0.4) is 0 Å². The van der Waals surface area contributed by atoms with Gasteiger partial charge >= 0.3 is 0 Å². The van der Waals surface area contributed by atoms with Gasteiger partial charge < -0.3 is 10.6 Å². The van der Waals surface area contributed by atoms with Crippen LogP contribution in [0.15, 0.2) is 66.7 Å². The Labute approximate surface area is 167 Å². The van der Waals surface area contributed by atoms with Crippen LogP contribution in [0.25, 0.3) is 0 Å². The molecule has 0 aromatic heterocycles. The van der Waals surface area contributed by atoms with Gasteiger partial charge in [0.2, 0.25) is 0 Å². The zero-order valence-corrected chi connectivity index (χ0v) is 15.9. The molecule has 3 rings (SSSR count). The van der Waals surface area contributed by atoms with Crippen molar-refractivity contribution in [2.45, 2.75) is 6.92 Å². The predicted molar refractivity (Wildman–Crippen MR) is 110 cm³/mol. The Hall–Kier alpha value is -2.82. The van der Waals surface area contributed by atoms with Crippen molar-refractivity contribution in [2.75, 3.05) is 10.6 Å². The smallest absolute Gasteiger partial charge is 0.257 e. The van der Waals surface area contributed by atoms with Crippen molar-refractivity contribution in [3.63, 3.8) is 0 Å². The highest BCUT2D eigenvalue weighted by atomic mass is 35.5. The van der Waals surface area contributed by atoms with Gasteiger partial charge in [0.05, 0.1) is 10.6 Å². The van der Waals surface area contributed by atoms with Gasteiger partial charge in [-0.15, -0.1) is 0 Å². The number of carbonyl (C=O) groups is 2. The van der Waals surface area contributed by atoms with Gasteiger partial charge in [-0.25, -0.2) is 0 Å². The lowest BCUT2D eigenvalue weighted by molar-refractivity contribution is 0.101. The molecule has 0 atom stereocenters. The van der Waals surface area contributed by atoms with E-state index in [4.69, 9.17) is 23.2 Å². The number of hydrogen-bond donors (Lipinski definition) is 2. The fourth-order valence-electron chi connectivity index (χ4n) is 2.54. The summed E-state index contributed by atoms with van der Waals surface area (Å²) in [5.74, 6) is -0.522. The molecule has 2 amide bonds. The minimum absolute atomic E-state index is 0.183. The largest absolute Gasteiger partial charge is 0.322 e. The van der Waals surface area contributed by atoms with E-state index in [1.54, 1.807) is 42.5 Å². The summed E-state index contributed by atoms with van der Waals surface area (Å²) in [6, 6.07) is 18.9. The fraction of sp³-hybridized carbons (Fsp3) is 0.0476. The molecule has 2 N–H and O–H groups in total. The molecule has 136 valence electrons. The molecule has 0 spiro atoms. The number of halogens is 2. The molecule has 0 radical (unpaired) electrons. The molecule has 27 heavy (non-hydrogen) atoms. The molecule has 3 aromatic rings. The fourth-order valence-corrected chi connectivity index (χ4v) is 3.03. The van der Waals surface area contributed by atoms with E-state index in [2.05, 4.69) is 10.6 Å². The van der Waals surface area contributed by atoms with Gasteiger partial charge in [0.15, 0.2) is 0 Å². The number of rotatable bonds is 4. The first-order valence-electron chi connectivity index (χ1n) is 8.17. The van der Waals surface area contributed by atoms with Crippen molar-refractivity contribution in [3.05, 3.63) is 93.5 Å². The normalized spacial score (nSPS) is 10.3. The molecule has 0 aliphatic heterocycles. The third-order valence-electron chi connectivity index (χ3n) is 3.97. The molecule has 0 fully saturated rings. The SMILES string of the molecule is Cc1ccccc1C(=O)Nc1ccc(NC(=O)c2ccc(Cl)cc2Cl)cc1. The lowest BCUT2D eigenvalue weighted by Crippen LogP contribution is -2.14. The molecule has 0 unspecified atom stereocenters. The van der Waals surface area contributed by atoms with Gasteiger partial charge in [0.1, 0.15) is 0 Å². The second-order valence-corrected chi connectivity index (χ2v) is 6.77. The van der Waals surface area contributed by atoms with Gasteiger partial charge in [-0.1, -0.05) is 41.4 Å². The van der Waals surface area contributed by atoms with Crippen LogP contribution in [0, 0.1) is 6.92 Å². The van der Waals surface area contributed by atoms with Crippen molar-refractivity contribution in [2.24, 2.45) is 0 Å². The van der Waals surface area contributed by atoms with E-state index >= 15 is 0 Å². The molecule has 0 aliphatic rings. The van der Waals surface area contributed by atoms with E-state index in [0.717, 1.165) is 5.56 Å². The summed E-state index contributed by atoms with van der Waals surface area (Å²) in [5, 5.41) is 6.34. The lowest BCUT2D eigenvalue weighted by atomic mass is 10.1. The van der Waals surface area contributed by atoms with Crippen molar-refractivity contribution >= 4 is 46.4 Å². The summed E-state index contributed by atoms with van der Waals surface area (Å²) in [4.78, 5) is 24.7. The second-order valence-electron chi connectivity index (χ2n) is 5.92. The van der Waals surface area contributed by atoms with Crippen LogP contribution in [-0.2, 0) is 0 Å².